The molecule has 0 radical (unpaired) electrons. The Morgan fingerprint density at radius 3 is 2.07 bits per heavy atom. The summed E-state index contributed by atoms with van der Waals surface area (Å²) < 4.78 is 5.71. The third-order valence-electron chi connectivity index (χ3n) is 9.74. The van der Waals surface area contributed by atoms with E-state index in [4.69, 9.17) is 4.74 Å². The van der Waals surface area contributed by atoms with Gasteiger partial charge in [-0.05, 0) is 33.1 Å². The van der Waals surface area contributed by atoms with Crippen LogP contribution in [-0.2, 0) is 4.74 Å². The molecule has 160 valence electrons. The molecule has 4 aliphatic carbocycles. The number of rotatable bonds is 0. The highest BCUT2D eigenvalue weighted by molar-refractivity contribution is 5.37. The van der Waals surface area contributed by atoms with Crippen molar-refractivity contribution in [1.29, 1.82) is 0 Å². The second kappa shape index (κ2) is 4.78. The second-order valence-electron chi connectivity index (χ2n) is 11.1. The van der Waals surface area contributed by atoms with Gasteiger partial charge in [-0.2, -0.15) is 0 Å². The summed E-state index contributed by atoms with van der Waals surface area (Å²) in [6.07, 6.45) is -5.77. The van der Waals surface area contributed by atoms with Crippen LogP contribution in [0.25, 0.3) is 0 Å². The molecule has 1 heterocycles. The lowest BCUT2D eigenvalue weighted by atomic mass is 9.53. The van der Waals surface area contributed by atoms with Gasteiger partial charge in [0.2, 0.25) is 0 Å². The van der Waals surface area contributed by atoms with E-state index in [0.29, 0.717) is 0 Å². The van der Waals surface area contributed by atoms with Crippen molar-refractivity contribution >= 4 is 0 Å². The molecule has 1 aliphatic heterocycles. The summed E-state index contributed by atoms with van der Waals surface area (Å²) >= 11 is 0. The quantitative estimate of drug-likeness (QED) is 0.237. The normalized spacial score (nSPS) is 69.3. The van der Waals surface area contributed by atoms with E-state index in [1.54, 1.807) is 20.8 Å². The molecule has 4 saturated carbocycles. The van der Waals surface area contributed by atoms with Crippen molar-refractivity contribution in [1.82, 2.24) is 0 Å². The van der Waals surface area contributed by atoms with Gasteiger partial charge in [-0.25, -0.2) is 0 Å². The van der Waals surface area contributed by atoms with E-state index in [1.807, 2.05) is 0 Å². The minimum absolute atomic E-state index is 0.0199. The Morgan fingerprint density at radius 1 is 0.857 bits per heavy atom. The molecule has 5 aliphatic rings. The van der Waals surface area contributed by atoms with Crippen LogP contribution in [0.3, 0.4) is 0 Å². The molecule has 12 atom stereocenters. The number of ether oxygens (including phenoxy) is 1. The fourth-order valence-electron chi connectivity index (χ4n) is 8.16. The van der Waals surface area contributed by atoms with Crippen LogP contribution in [0, 0.1) is 22.7 Å². The number of epoxide rings is 1. The molecule has 5 rings (SSSR count). The molecule has 8 nitrogen and oxygen atoms in total. The average Bonchev–Trinajstić information content (AvgIpc) is 3.30. The van der Waals surface area contributed by atoms with Crippen LogP contribution in [0.5, 0.6) is 0 Å². The summed E-state index contributed by atoms with van der Waals surface area (Å²) in [7, 11) is 0. The van der Waals surface area contributed by atoms with Gasteiger partial charge in [0.1, 0.15) is 17.3 Å². The molecule has 1 spiro atoms. The van der Waals surface area contributed by atoms with E-state index in [9.17, 15) is 35.7 Å². The Kier molecular flexibility index (Phi) is 3.35. The molecule has 0 aromatic carbocycles. The fraction of sp³-hybridized carbons (Fsp3) is 1.00. The van der Waals surface area contributed by atoms with E-state index in [1.165, 1.54) is 6.92 Å². The van der Waals surface area contributed by atoms with Crippen molar-refractivity contribution in [2.24, 2.45) is 22.7 Å². The van der Waals surface area contributed by atoms with E-state index < -0.39 is 75.6 Å². The van der Waals surface area contributed by atoms with Gasteiger partial charge in [-0.3, -0.25) is 0 Å². The van der Waals surface area contributed by atoms with Crippen LogP contribution >= 0.6 is 0 Å². The summed E-state index contributed by atoms with van der Waals surface area (Å²) in [5.41, 5.74) is -10.2. The maximum atomic E-state index is 12.0. The first-order valence-corrected chi connectivity index (χ1v) is 10.2. The minimum Gasteiger partial charge on any atom is -0.392 e. The lowest BCUT2D eigenvalue weighted by molar-refractivity contribution is -0.287. The van der Waals surface area contributed by atoms with E-state index in [-0.39, 0.29) is 19.3 Å². The molecular weight excluding hydrogens is 368 g/mol. The highest BCUT2D eigenvalue weighted by atomic mass is 16.6. The van der Waals surface area contributed by atoms with Crippen LogP contribution in [0.15, 0.2) is 0 Å². The van der Waals surface area contributed by atoms with Crippen molar-refractivity contribution < 1.29 is 40.5 Å². The third kappa shape index (κ3) is 1.61. The van der Waals surface area contributed by atoms with Gasteiger partial charge in [-0.15, -0.1) is 0 Å². The van der Waals surface area contributed by atoms with Crippen molar-refractivity contribution in [3.63, 3.8) is 0 Å². The van der Waals surface area contributed by atoms with Gasteiger partial charge in [0.25, 0.3) is 0 Å². The number of aliphatic hydroxyl groups is 7. The average molecular weight is 400 g/mol. The van der Waals surface area contributed by atoms with E-state index in [0.717, 1.165) is 0 Å². The molecule has 0 amide bonds. The fourth-order valence-corrected chi connectivity index (χ4v) is 8.16. The van der Waals surface area contributed by atoms with Crippen molar-refractivity contribution in [3.05, 3.63) is 0 Å². The summed E-state index contributed by atoms with van der Waals surface area (Å²) in [5.74, 6) is -1.68. The van der Waals surface area contributed by atoms with Crippen LogP contribution in [-0.4, -0.2) is 88.7 Å². The monoisotopic (exact) mass is 400 g/mol. The Bertz CT molecular complexity index is 736. The van der Waals surface area contributed by atoms with Crippen LogP contribution < -0.4 is 0 Å². The standard InChI is InChI=1S/C20H32O8/c1-15(2)14-9(28-14)10-17(4,25)19(26)6-5-8-11(21)18(19,7-16(8,3)24)12(22)13(23)20(10,15)27/h8-14,21-27H,5-7H2,1-4H3/t8-,9+,10+,11-,12-,13+,14+,16-,17+,18-,19-,20+/m1/s1. The van der Waals surface area contributed by atoms with Gasteiger partial charge >= 0.3 is 0 Å². The second-order valence-corrected chi connectivity index (χ2v) is 11.1. The maximum absolute atomic E-state index is 12.0. The third-order valence-corrected chi connectivity index (χ3v) is 9.74. The number of fused-ring (bicyclic) bond motifs is 4. The van der Waals surface area contributed by atoms with Gasteiger partial charge in [0.05, 0.1) is 47.0 Å². The lowest BCUT2D eigenvalue weighted by Gasteiger charge is -2.58. The van der Waals surface area contributed by atoms with Crippen LogP contribution in [0.2, 0.25) is 0 Å². The first-order valence-electron chi connectivity index (χ1n) is 10.2. The topological polar surface area (TPSA) is 154 Å². The molecular formula is C20H32O8. The van der Waals surface area contributed by atoms with Gasteiger partial charge in [0.15, 0.2) is 0 Å². The highest BCUT2D eigenvalue weighted by Crippen LogP contribution is 2.73. The number of hydrogen-bond acceptors (Lipinski definition) is 8. The Morgan fingerprint density at radius 2 is 1.46 bits per heavy atom. The first kappa shape index (κ1) is 19.6. The summed E-state index contributed by atoms with van der Waals surface area (Å²) in [5, 5.41) is 80.4. The van der Waals surface area contributed by atoms with Crippen LogP contribution in [0.1, 0.15) is 47.0 Å². The van der Waals surface area contributed by atoms with Gasteiger partial charge < -0.3 is 40.5 Å². The SMILES string of the molecule is CC1(C)[C@H]2O[C@H]2[C@@H]2[C@]1(O)[C@@H](O)[C@@H](O)[C@]13C[C@@](C)(O)[C@H](CC[C@@]1(O)[C@@]2(C)O)[C@H]3O. The summed E-state index contributed by atoms with van der Waals surface area (Å²) in [6.45, 7) is 6.36. The molecule has 28 heavy (non-hydrogen) atoms. The van der Waals surface area contributed by atoms with Gasteiger partial charge in [-0.1, -0.05) is 13.8 Å². The Balaban J connectivity index is 1.79. The zero-order valence-electron chi connectivity index (χ0n) is 16.7. The predicted molar refractivity (Wildman–Crippen MR) is 94.9 cm³/mol. The first-order chi connectivity index (χ1) is 12.6. The molecule has 1 saturated heterocycles. The Hall–Kier alpha value is -0.320. The van der Waals surface area contributed by atoms with Crippen molar-refractivity contribution in [2.45, 2.75) is 99.9 Å². The molecule has 5 fully saturated rings. The lowest BCUT2D eigenvalue weighted by Crippen LogP contribution is -2.72. The largest absolute Gasteiger partial charge is 0.392 e. The minimum atomic E-state index is -2.04. The molecule has 0 unspecified atom stereocenters. The Labute approximate surface area is 163 Å². The molecule has 2 bridgehead atoms. The maximum Gasteiger partial charge on any atom is 0.110 e. The van der Waals surface area contributed by atoms with Crippen molar-refractivity contribution in [3.8, 4) is 0 Å². The molecule has 0 aromatic rings. The van der Waals surface area contributed by atoms with E-state index in [2.05, 4.69) is 0 Å². The van der Waals surface area contributed by atoms with Gasteiger partial charge in [0, 0.05) is 11.3 Å². The molecule has 0 aromatic heterocycles. The zero-order valence-corrected chi connectivity index (χ0v) is 16.7. The number of hydrogen-bond donors (Lipinski definition) is 7. The van der Waals surface area contributed by atoms with E-state index >= 15 is 0 Å². The summed E-state index contributed by atoms with van der Waals surface area (Å²) in [6, 6.07) is 0. The van der Waals surface area contributed by atoms with Crippen molar-refractivity contribution in [2.75, 3.05) is 0 Å². The molecule has 7 N–H and O–H groups in total. The van der Waals surface area contributed by atoms with Crippen LogP contribution in [0.4, 0.5) is 0 Å². The smallest absolute Gasteiger partial charge is 0.110 e. The highest BCUT2D eigenvalue weighted by Gasteiger charge is 2.88. The number of aliphatic hydroxyl groups excluding tert-OH is 3. The summed E-state index contributed by atoms with van der Waals surface area (Å²) in [4.78, 5) is 0. The predicted octanol–water partition coefficient (Wildman–Crippen LogP) is -1.73. The zero-order chi connectivity index (χ0) is 20.9. The molecule has 8 heteroatoms.